The van der Waals surface area contributed by atoms with Crippen LogP contribution in [0, 0.1) is 21.4 Å². The molecule has 0 N–H and O–H groups in total. The molecule has 17 heavy (non-hydrogen) atoms. The van der Waals surface area contributed by atoms with Crippen molar-refractivity contribution in [2.75, 3.05) is 29.5 Å². The highest BCUT2D eigenvalue weighted by Crippen LogP contribution is 2.26. The van der Waals surface area contributed by atoms with Crippen molar-refractivity contribution in [3.05, 3.63) is 33.9 Å². The predicted molar refractivity (Wildman–Crippen MR) is 67.3 cm³/mol. The van der Waals surface area contributed by atoms with Gasteiger partial charge in [0, 0.05) is 36.7 Å². The molecule has 5 nitrogen and oxygen atoms in total. The molecule has 0 unspecified atom stereocenters. The Balaban J connectivity index is 2.34. The van der Waals surface area contributed by atoms with Gasteiger partial charge in [0.15, 0.2) is 0 Å². The minimum atomic E-state index is -0.476. The molecule has 1 aromatic carbocycles. The van der Waals surface area contributed by atoms with Crippen LogP contribution in [0.25, 0.3) is 0 Å². The van der Waals surface area contributed by atoms with E-state index in [0.29, 0.717) is 5.56 Å². The molecule has 2 rings (SSSR count). The summed E-state index contributed by atoms with van der Waals surface area (Å²) in [6, 6.07) is 6.51. The highest BCUT2D eigenvalue weighted by atomic mass is 32.2. The monoisotopic (exact) mass is 249 g/mol. The van der Waals surface area contributed by atoms with Crippen LogP contribution in [0.3, 0.4) is 0 Å². The fourth-order valence-electron chi connectivity index (χ4n) is 1.81. The number of rotatable bonds is 2. The van der Waals surface area contributed by atoms with Gasteiger partial charge in [-0.25, -0.2) is 0 Å². The summed E-state index contributed by atoms with van der Waals surface area (Å²) >= 11 is 1.88. The van der Waals surface area contributed by atoms with Crippen molar-refractivity contribution in [3.8, 4) is 6.07 Å². The molecule has 88 valence electrons. The summed E-state index contributed by atoms with van der Waals surface area (Å²) in [6.07, 6.45) is 0. The van der Waals surface area contributed by atoms with Crippen molar-refractivity contribution in [2.45, 2.75) is 0 Å². The van der Waals surface area contributed by atoms with Gasteiger partial charge in [-0.3, -0.25) is 10.1 Å². The average molecular weight is 249 g/mol. The molecule has 1 aliphatic heterocycles. The van der Waals surface area contributed by atoms with Crippen LogP contribution in [-0.4, -0.2) is 29.5 Å². The molecule has 0 radical (unpaired) electrons. The van der Waals surface area contributed by atoms with Crippen LogP contribution in [-0.2, 0) is 0 Å². The zero-order chi connectivity index (χ0) is 12.3. The lowest BCUT2D eigenvalue weighted by Crippen LogP contribution is -2.32. The molecule has 1 aliphatic rings. The Bertz CT molecular complexity index is 478. The van der Waals surface area contributed by atoms with E-state index in [1.807, 2.05) is 17.8 Å². The van der Waals surface area contributed by atoms with E-state index in [1.54, 1.807) is 6.07 Å². The third kappa shape index (κ3) is 2.50. The highest BCUT2D eigenvalue weighted by molar-refractivity contribution is 7.99. The molecule has 0 amide bonds. The van der Waals surface area contributed by atoms with E-state index in [9.17, 15) is 10.1 Å². The van der Waals surface area contributed by atoms with Crippen molar-refractivity contribution in [1.82, 2.24) is 0 Å². The number of non-ortho nitro benzene ring substituents is 1. The maximum Gasteiger partial charge on any atom is 0.270 e. The second-order valence-corrected chi connectivity index (χ2v) is 4.89. The fourth-order valence-corrected chi connectivity index (χ4v) is 2.71. The molecule has 0 atom stereocenters. The summed E-state index contributed by atoms with van der Waals surface area (Å²) in [5, 5.41) is 19.7. The highest BCUT2D eigenvalue weighted by Gasteiger charge is 2.17. The zero-order valence-corrected chi connectivity index (χ0v) is 9.94. The van der Waals surface area contributed by atoms with Gasteiger partial charge in [-0.05, 0) is 6.07 Å². The maximum absolute atomic E-state index is 10.6. The maximum atomic E-state index is 10.6. The normalized spacial score (nSPS) is 15.4. The Kier molecular flexibility index (Phi) is 3.49. The quantitative estimate of drug-likeness (QED) is 0.592. The zero-order valence-electron chi connectivity index (χ0n) is 9.13. The number of thioether (sulfide) groups is 1. The summed E-state index contributed by atoms with van der Waals surface area (Å²) < 4.78 is 0. The lowest BCUT2D eigenvalue weighted by atomic mass is 10.1. The molecular formula is C11H11N3O2S. The Morgan fingerprint density at radius 3 is 2.71 bits per heavy atom. The summed E-state index contributed by atoms with van der Waals surface area (Å²) in [4.78, 5) is 12.3. The first-order chi connectivity index (χ1) is 8.22. The Morgan fingerprint density at radius 1 is 1.41 bits per heavy atom. The Hall–Kier alpha value is -1.74. The van der Waals surface area contributed by atoms with E-state index in [0.717, 1.165) is 30.3 Å². The van der Waals surface area contributed by atoms with E-state index in [1.165, 1.54) is 12.1 Å². The van der Waals surface area contributed by atoms with Gasteiger partial charge in [0.25, 0.3) is 5.69 Å². The van der Waals surface area contributed by atoms with Crippen molar-refractivity contribution in [1.29, 1.82) is 5.26 Å². The van der Waals surface area contributed by atoms with Gasteiger partial charge < -0.3 is 4.90 Å². The number of nitro groups is 1. The standard InChI is InChI=1S/C11H11N3O2S/c12-8-9-7-10(14(15)16)1-2-11(9)13-3-5-17-6-4-13/h1-2,7H,3-6H2. The SMILES string of the molecule is N#Cc1cc([N+](=O)[O-])ccc1N1CCSCC1. The number of benzene rings is 1. The summed E-state index contributed by atoms with van der Waals surface area (Å²) in [5.41, 5.74) is 1.15. The molecule has 0 spiro atoms. The number of nitrogens with zero attached hydrogens (tertiary/aromatic N) is 3. The van der Waals surface area contributed by atoms with Crippen LogP contribution in [0.4, 0.5) is 11.4 Å². The first-order valence-corrected chi connectivity index (χ1v) is 6.39. The van der Waals surface area contributed by atoms with Gasteiger partial charge >= 0.3 is 0 Å². The van der Waals surface area contributed by atoms with Crippen molar-refractivity contribution in [2.24, 2.45) is 0 Å². The fraction of sp³-hybridized carbons (Fsp3) is 0.364. The van der Waals surface area contributed by atoms with Gasteiger partial charge in [-0.15, -0.1) is 0 Å². The number of anilines is 1. The number of hydrogen-bond acceptors (Lipinski definition) is 5. The molecule has 1 aromatic rings. The number of nitro benzene ring substituents is 1. The molecular weight excluding hydrogens is 238 g/mol. The average Bonchev–Trinajstić information content (AvgIpc) is 2.39. The minimum Gasteiger partial charge on any atom is -0.369 e. The van der Waals surface area contributed by atoms with Gasteiger partial charge in [0.2, 0.25) is 0 Å². The Morgan fingerprint density at radius 2 is 2.12 bits per heavy atom. The predicted octanol–water partition coefficient (Wildman–Crippen LogP) is 2.02. The van der Waals surface area contributed by atoms with Crippen molar-refractivity contribution < 1.29 is 4.92 Å². The van der Waals surface area contributed by atoms with Crippen molar-refractivity contribution in [3.63, 3.8) is 0 Å². The summed E-state index contributed by atoms with van der Waals surface area (Å²) in [6.45, 7) is 1.77. The van der Waals surface area contributed by atoms with Gasteiger partial charge in [-0.1, -0.05) is 0 Å². The smallest absolute Gasteiger partial charge is 0.270 e. The van der Waals surface area contributed by atoms with Crippen LogP contribution < -0.4 is 4.90 Å². The molecule has 0 aliphatic carbocycles. The second-order valence-electron chi connectivity index (χ2n) is 3.67. The first kappa shape index (κ1) is 11.7. The summed E-state index contributed by atoms with van der Waals surface area (Å²) in [5.74, 6) is 2.06. The lowest BCUT2D eigenvalue weighted by molar-refractivity contribution is -0.384. The van der Waals surface area contributed by atoms with Gasteiger partial charge in [0.05, 0.1) is 16.2 Å². The third-order valence-electron chi connectivity index (χ3n) is 2.66. The lowest BCUT2D eigenvalue weighted by Gasteiger charge is -2.29. The first-order valence-electron chi connectivity index (χ1n) is 5.23. The number of nitriles is 1. The van der Waals surface area contributed by atoms with Crippen LogP contribution in [0.5, 0.6) is 0 Å². The second kappa shape index (κ2) is 5.06. The molecule has 6 heteroatoms. The van der Waals surface area contributed by atoms with E-state index >= 15 is 0 Å². The van der Waals surface area contributed by atoms with E-state index in [-0.39, 0.29) is 5.69 Å². The van der Waals surface area contributed by atoms with Crippen LogP contribution in [0.2, 0.25) is 0 Å². The van der Waals surface area contributed by atoms with Crippen molar-refractivity contribution >= 4 is 23.1 Å². The van der Waals surface area contributed by atoms with E-state index in [2.05, 4.69) is 4.90 Å². The molecule has 0 saturated carbocycles. The summed E-state index contributed by atoms with van der Waals surface area (Å²) in [7, 11) is 0. The van der Waals surface area contributed by atoms with Crippen LogP contribution >= 0.6 is 11.8 Å². The number of hydrogen-bond donors (Lipinski definition) is 0. The van der Waals surface area contributed by atoms with Gasteiger partial charge in [-0.2, -0.15) is 17.0 Å². The molecule has 1 fully saturated rings. The van der Waals surface area contributed by atoms with Crippen LogP contribution in [0.1, 0.15) is 5.56 Å². The van der Waals surface area contributed by atoms with Crippen LogP contribution in [0.15, 0.2) is 18.2 Å². The topological polar surface area (TPSA) is 70.2 Å². The van der Waals surface area contributed by atoms with E-state index in [4.69, 9.17) is 5.26 Å². The third-order valence-corrected chi connectivity index (χ3v) is 3.61. The molecule has 0 bridgehead atoms. The van der Waals surface area contributed by atoms with Gasteiger partial charge in [0.1, 0.15) is 6.07 Å². The minimum absolute atomic E-state index is 0.0308. The largest absolute Gasteiger partial charge is 0.369 e. The molecule has 1 saturated heterocycles. The Labute approximate surface area is 103 Å². The molecule has 0 aromatic heterocycles. The molecule has 1 heterocycles. The van der Waals surface area contributed by atoms with E-state index < -0.39 is 4.92 Å².